The first kappa shape index (κ1) is 31.7. The van der Waals surface area contributed by atoms with E-state index in [1.165, 1.54) is 10.9 Å². The van der Waals surface area contributed by atoms with Gasteiger partial charge in [-0.15, -0.1) is 0 Å². The Bertz CT molecular complexity index is 1810. The fourth-order valence-corrected chi connectivity index (χ4v) is 5.29. The highest BCUT2D eigenvalue weighted by Gasteiger charge is 2.45. The minimum absolute atomic E-state index is 0.120. The molecule has 6 rings (SSSR count). The van der Waals surface area contributed by atoms with Crippen molar-refractivity contribution in [1.29, 1.82) is 0 Å². The molecular weight excluding hydrogens is 606 g/mol. The molecule has 0 radical (unpaired) electrons. The van der Waals surface area contributed by atoms with Crippen LogP contribution in [0, 0.1) is 0 Å². The number of carbonyl (C=O) groups is 1. The summed E-state index contributed by atoms with van der Waals surface area (Å²) in [7, 11) is 0. The molecule has 3 aromatic carbocycles. The number of hydrogen-bond acceptors (Lipinski definition) is 12. The summed E-state index contributed by atoms with van der Waals surface area (Å²) in [6, 6.07) is 25.0. The van der Waals surface area contributed by atoms with E-state index in [1.807, 2.05) is 78.9 Å². The van der Waals surface area contributed by atoms with Crippen molar-refractivity contribution >= 4 is 29.0 Å². The monoisotopic (exact) mass is 641 g/mol. The van der Waals surface area contributed by atoms with Crippen LogP contribution < -0.4 is 21.1 Å². The molecule has 1 aliphatic heterocycles. The van der Waals surface area contributed by atoms with Gasteiger partial charge >= 0.3 is 6.09 Å². The van der Waals surface area contributed by atoms with Gasteiger partial charge in [-0.05, 0) is 22.8 Å². The van der Waals surface area contributed by atoms with E-state index in [0.717, 1.165) is 22.3 Å². The lowest BCUT2D eigenvalue weighted by molar-refractivity contribution is -0.0501. The van der Waals surface area contributed by atoms with E-state index in [4.69, 9.17) is 19.9 Å². The van der Waals surface area contributed by atoms with Crippen molar-refractivity contribution in [2.24, 2.45) is 0 Å². The first-order valence-electron chi connectivity index (χ1n) is 15.0. The second kappa shape index (κ2) is 14.4. The first-order chi connectivity index (χ1) is 22.9. The minimum Gasteiger partial charge on any atom is -0.491 e. The molecule has 0 saturated carbocycles. The van der Waals surface area contributed by atoms with E-state index in [9.17, 15) is 20.1 Å². The van der Waals surface area contributed by atoms with E-state index in [0.29, 0.717) is 5.75 Å². The zero-order chi connectivity index (χ0) is 32.8. The summed E-state index contributed by atoms with van der Waals surface area (Å²) in [4.78, 5) is 25.1. The summed E-state index contributed by atoms with van der Waals surface area (Å²) < 4.78 is 18.7. The van der Waals surface area contributed by atoms with Crippen LogP contribution >= 0.6 is 0 Å². The molecule has 0 spiro atoms. The Labute approximate surface area is 269 Å². The molecule has 3 heterocycles. The highest BCUT2D eigenvalue weighted by atomic mass is 16.6. The molecule has 244 valence electrons. The molecule has 1 saturated heterocycles. The van der Waals surface area contributed by atoms with E-state index in [2.05, 4.69) is 25.6 Å². The van der Waals surface area contributed by atoms with Gasteiger partial charge < -0.3 is 45.9 Å². The zero-order valence-corrected chi connectivity index (χ0v) is 25.3. The number of rotatable bonds is 12. The van der Waals surface area contributed by atoms with Crippen LogP contribution in [0.25, 0.3) is 22.3 Å². The Morgan fingerprint density at radius 1 is 0.979 bits per heavy atom. The van der Waals surface area contributed by atoms with Crippen LogP contribution in [0.3, 0.4) is 0 Å². The number of nitrogens with two attached hydrogens (primary N) is 1. The Balaban J connectivity index is 1.20. The number of aromatic nitrogens is 4. The van der Waals surface area contributed by atoms with Crippen molar-refractivity contribution < 1.29 is 34.3 Å². The van der Waals surface area contributed by atoms with Gasteiger partial charge in [-0.1, -0.05) is 72.8 Å². The minimum atomic E-state index is -1.38. The van der Waals surface area contributed by atoms with Gasteiger partial charge in [0.1, 0.15) is 43.6 Å². The van der Waals surface area contributed by atoms with Gasteiger partial charge in [-0.25, -0.2) is 19.7 Å². The maximum atomic E-state index is 12.2. The number of nitrogens with one attached hydrogen (secondary N) is 2. The SMILES string of the molecule is Nc1ncnc2c1nc(NCc1ccc(-c3ccccc3)cc1OCCNC(=O)OCc1ccccc1)n2[C@@H]1O[C@H](CO)[C@@H](O)[C@H]1O. The van der Waals surface area contributed by atoms with Crippen LogP contribution in [-0.2, 0) is 22.6 Å². The fourth-order valence-electron chi connectivity index (χ4n) is 5.29. The van der Waals surface area contributed by atoms with Gasteiger partial charge in [0.25, 0.3) is 0 Å². The second-order valence-electron chi connectivity index (χ2n) is 10.8. The Hall–Kier alpha value is -5.28. The average Bonchev–Trinajstić information content (AvgIpc) is 3.62. The number of nitrogen functional groups attached to an aromatic ring is 1. The summed E-state index contributed by atoms with van der Waals surface area (Å²) in [6.07, 6.45) is -4.12. The van der Waals surface area contributed by atoms with Crippen LogP contribution in [0.1, 0.15) is 17.4 Å². The Morgan fingerprint density at radius 3 is 2.49 bits per heavy atom. The predicted molar refractivity (Wildman–Crippen MR) is 172 cm³/mol. The van der Waals surface area contributed by atoms with E-state index >= 15 is 0 Å². The van der Waals surface area contributed by atoms with Crippen LogP contribution in [0.2, 0.25) is 0 Å². The van der Waals surface area contributed by atoms with Crippen molar-refractivity contribution in [3.8, 4) is 16.9 Å². The van der Waals surface area contributed by atoms with E-state index < -0.39 is 37.2 Å². The number of imidazole rings is 1. The molecule has 1 amide bonds. The molecule has 14 nitrogen and oxygen atoms in total. The molecule has 0 bridgehead atoms. The molecule has 2 aromatic heterocycles. The van der Waals surface area contributed by atoms with Crippen molar-refractivity contribution in [3.05, 3.63) is 96.3 Å². The molecule has 0 aliphatic carbocycles. The number of nitrogens with zero attached hydrogens (tertiary/aromatic N) is 4. The van der Waals surface area contributed by atoms with Gasteiger partial charge in [0, 0.05) is 12.1 Å². The van der Waals surface area contributed by atoms with Gasteiger partial charge in [0.15, 0.2) is 23.2 Å². The van der Waals surface area contributed by atoms with Gasteiger partial charge in [-0.3, -0.25) is 4.57 Å². The standard InChI is InChI=1S/C33H35N7O7/c34-29-26-30(38-19-37-29)40(31-28(43)27(42)25(17-41)47-31)32(39-26)36-16-23-12-11-22(21-9-5-2-6-10-21)15-24(23)45-14-13-35-33(44)46-18-20-7-3-1-4-8-20/h1-12,15,19,25,27-28,31,41-43H,13-14,16-18H2,(H,35,44)(H,36,39)(H2,34,37,38)/t25-,27-,28-,31-/m1/s1. The third-order valence-corrected chi connectivity index (χ3v) is 7.73. The molecule has 14 heteroatoms. The summed E-state index contributed by atoms with van der Waals surface area (Å²) in [5, 5.41) is 36.8. The van der Waals surface area contributed by atoms with Crippen LogP contribution in [0.4, 0.5) is 16.6 Å². The van der Waals surface area contributed by atoms with Crippen molar-refractivity contribution in [3.63, 3.8) is 0 Å². The van der Waals surface area contributed by atoms with E-state index in [1.54, 1.807) is 0 Å². The second-order valence-corrected chi connectivity index (χ2v) is 10.8. The molecule has 5 aromatic rings. The maximum absolute atomic E-state index is 12.2. The fraction of sp³-hybridized carbons (Fsp3) is 0.273. The number of ether oxygens (including phenoxy) is 3. The number of aliphatic hydroxyl groups is 3. The largest absolute Gasteiger partial charge is 0.491 e. The molecule has 4 atom stereocenters. The van der Waals surface area contributed by atoms with Crippen LogP contribution in [-0.4, -0.2) is 79.0 Å². The Morgan fingerprint density at radius 2 is 1.74 bits per heavy atom. The molecular formula is C33H35N7O7. The summed E-state index contributed by atoms with van der Waals surface area (Å²) in [6.45, 7) is 0.249. The summed E-state index contributed by atoms with van der Waals surface area (Å²) >= 11 is 0. The predicted octanol–water partition coefficient (Wildman–Crippen LogP) is 2.60. The number of carbonyl (C=O) groups excluding carboxylic acids is 1. The average molecular weight is 642 g/mol. The normalized spacial score (nSPS) is 19.0. The molecule has 47 heavy (non-hydrogen) atoms. The number of benzene rings is 3. The molecule has 1 fully saturated rings. The van der Waals surface area contributed by atoms with Gasteiger partial charge in [-0.2, -0.15) is 0 Å². The lowest BCUT2D eigenvalue weighted by atomic mass is 10.0. The summed E-state index contributed by atoms with van der Waals surface area (Å²) in [5.74, 6) is 0.922. The van der Waals surface area contributed by atoms with E-state index in [-0.39, 0.29) is 49.2 Å². The number of hydrogen-bond donors (Lipinski definition) is 6. The zero-order valence-electron chi connectivity index (χ0n) is 25.3. The van der Waals surface area contributed by atoms with Gasteiger partial charge in [0.2, 0.25) is 5.95 Å². The third kappa shape index (κ3) is 7.10. The number of fused-ring (bicyclic) bond motifs is 1. The molecule has 7 N–H and O–H groups in total. The summed E-state index contributed by atoms with van der Waals surface area (Å²) in [5.41, 5.74) is 10.2. The number of alkyl carbamates (subject to hydrolysis) is 1. The quantitative estimate of drug-likeness (QED) is 0.109. The first-order valence-corrected chi connectivity index (χ1v) is 15.0. The topological polar surface area (TPSA) is 199 Å². The maximum Gasteiger partial charge on any atom is 0.407 e. The smallest absolute Gasteiger partial charge is 0.407 e. The number of aliphatic hydroxyl groups excluding tert-OH is 3. The van der Waals surface area contributed by atoms with Crippen molar-refractivity contribution in [1.82, 2.24) is 24.8 Å². The third-order valence-electron chi connectivity index (χ3n) is 7.73. The number of anilines is 2. The Kier molecular flexibility index (Phi) is 9.73. The highest BCUT2D eigenvalue weighted by Crippen LogP contribution is 2.36. The highest BCUT2D eigenvalue weighted by molar-refractivity contribution is 5.84. The van der Waals surface area contributed by atoms with Crippen molar-refractivity contribution in [2.75, 3.05) is 30.8 Å². The van der Waals surface area contributed by atoms with Crippen LogP contribution in [0.15, 0.2) is 85.2 Å². The van der Waals surface area contributed by atoms with Crippen LogP contribution in [0.5, 0.6) is 5.75 Å². The van der Waals surface area contributed by atoms with Crippen molar-refractivity contribution in [2.45, 2.75) is 37.7 Å². The molecule has 0 unspecified atom stereocenters. The van der Waals surface area contributed by atoms with Gasteiger partial charge in [0.05, 0.1) is 13.2 Å². The molecule has 1 aliphatic rings. The lowest BCUT2D eigenvalue weighted by Crippen LogP contribution is -2.33. The lowest BCUT2D eigenvalue weighted by Gasteiger charge is -2.20. The number of amides is 1.